The number of para-hydroxylation sites is 1. The Labute approximate surface area is 124 Å². The molecule has 0 radical (unpaired) electrons. The molecule has 0 aliphatic rings. The number of hydrogen-bond acceptors (Lipinski definition) is 4. The SMILES string of the molecule is COc1ccccc1C(=O)NC[C@H](c1ccco1)N(C)C. The minimum Gasteiger partial charge on any atom is -0.496 e. The monoisotopic (exact) mass is 288 g/mol. The lowest BCUT2D eigenvalue weighted by Gasteiger charge is -2.22. The third-order valence-electron chi connectivity index (χ3n) is 3.30. The maximum Gasteiger partial charge on any atom is 0.255 e. The summed E-state index contributed by atoms with van der Waals surface area (Å²) in [5, 5.41) is 2.92. The maximum absolute atomic E-state index is 12.3. The molecule has 1 aromatic carbocycles. The quantitative estimate of drug-likeness (QED) is 0.886. The zero-order valence-electron chi connectivity index (χ0n) is 12.5. The Balaban J connectivity index is 2.06. The second-order valence-corrected chi connectivity index (χ2v) is 4.91. The maximum atomic E-state index is 12.3. The predicted octanol–water partition coefficient (Wildman–Crippen LogP) is 2.32. The molecular weight excluding hydrogens is 268 g/mol. The molecule has 0 saturated heterocycles. The number of nitrogens with zero attached hydrogens (tertiary/aromatic N) is 1. The zero-order chi connectivity index (χ0) is 15.2. The molecule has 0 aliphatic heterocycles. The first-order valence-corrected chi connectivity index (χ1v) is 6.74. The lowest BCUT2D eigenvalue weighted by atomic mass is 10.1. The van der Waals surface area contributed by atoms with Crippen molar-refractivity contribution in [3.05, 3.63) is 54.0 Å². The third kappa shape index (κ3) is 3.64. The molecule has 2 aromatic rings. The van der Waals surface area contributed by atoms with Crippen LogP contribution in [0, 0.1) is 0 Å². The van der Waals surface area contributed by atoms with E-state index in [0.29, 0.717) is 17.9 Å². The fourth-order valence-electron chi connectivity index (χ4n) is 2.14. The van der Waals surface area contributed by atoms with Crippen LogP contribution in [0.2, 0.25) is 0 Å². The van der Waals surface area contributed by atoms with E-state index in [0.717, 1.165) is 5.76 Å². The van der Waals surface area contributed by atoms with E-state index in [-0.39, 0.29) is 11.9 Å². The number of amides is 1. The number of methoxy groups -OCH3 is 1. The number of carbonyl (C=O) groups is 1. The van der Waals surface area contributed by atoms with E-state index in [1.807, 2.05) is 43.3 Å². The summed E-state index contributed by atoms with van der Waals surface area (Å²) in [6.07, 6.45) is 1.63. The molecule has 1 aromatic heterocycles. The summed E-state index contributed by atoms with van der Waals surface area (Å²) in [7, 11) is 5.45. The van der Waals surface area contributed by atoms with E-state index in [1.54, 1.807) is 25.5 Å². The van der Waals surface area contributed by atoms with Gasteiger partial charge in [-0.2, -0.15) is 0 Å². The second-order valence-electron chi connectivity index (χ2n) is 4.91. The molecule has 1 heterocycles. The molecule has 5 heteroatoms. The highest BCUT2D eigenvalue weighted by Gasteiger charge is 2.19. The molecule has 5 nitrogen and oxygen atoms in total. The van der Waals surface area contributed by atoms with Crippen molar-refractivity contribution in [1.82, 2.24) is 10.2 Å². The molecule has 1 N–H and O–H groups in total. The van der Waals surface area contributed by atoms with Gasteiger partial charge in [0, 0.05) is 6.54 Å². The van der Waals surface area contributed by atoms with E-state index in [4.69, 9.17) is 9.15 Å². The molecule has 1 atom stereocenters. The molecular formula is C16H20N2O3. The van der Waals surface area contributed by atoms with Crippen molar-refractivity contribution >= 4 is 5.91 Å². The molecule has 0 aliphatic carbocycles. The summed E-state index contributed by atoms with van der Waals surface area (Å²) in [6.45, 7) is 0.456. The Bertz CT molecular complexity index is 579. The van der Waals surface area contributed by atoms with E-state index in [9.17, 15) is 4.79 Å². The average Bonchev–Trinajstić information content (AvgIpc) is 3.01. The molecule has 2 rings (SSSR count). The first-order valence-electron chi connectivity index (χ1n) is 6.74. The number of carbonyl (C=O) groups excluding carboxylic acids is 1. The summed E-state index contributed by atoms with van der Waals surface area (Å²) >= 11 is 0. The number of rotatable bonds is 6. The number of furan rings is 1. The molecule has 0 bridgehead atoms. The van der Waals surface area contributed by atoms with Crippen LogP contribution in [0.4, 0.5) is 0 Å². The smallest absolute Gasteiger partial charge is 0.255 e. The molecule has 0 spiro atoms. The van der Waals surface area contributed by atoms with Crippen molar-refractivity contribution in [3.8, 4) is 5.75 Å². The third-order valence-corrected chi connectivity index (χ3v) is 3.30. The topological polar surface area (TPSA) is 54.7 Å². The van der Waals surface area contributed by atoms with Gasteiger partial charge in [0.25, 0.3) is 5.91 Å². The van der Waals surface area contributed by atoms with Gasteiger partial charge >= 0.3 is 0 Å². The van der Waals surface area contributed by atoms with Gasteiger partial charge < -0.3 is 14.5 Å². The largest absolute Gasteiger partial charge is 0.496 e. The van der Waals surface area contributed by atoms with Gasteiger partial charge in [-0.25, -0.2) is 0 Å². The van der Waals surface area contributed by atoms with Gasteiger partial charge in [0.15, 0.2) is 0 Å². The van der Waals surface area contributed by atoms with Crippen molar-refractivity contribution in [3.63, 3.8) is 0 Å². The van der Waals surface area contributed by atoms with Gasteiger partial charge in [0.2, 0.25) is 0 Å². The first-order chi connectivity index (χ1) is 10.1. The summed E-state index contributed by atoms with van der Waals surface area (Å²) in [4.78, 5) is 14.3. The molecule has 0 saturated carbocycles. The van der Waals surface area contributed by atoms with Crippen LogP contribution in [0.15, 0.2) is 47.1 Å². The Morgan fingerprint density at radius 3 is 2.67 bits per heavy atom. The fourth-order valence-corrected chi connectivity index (χ4v) is 2.14. The lowest BCUT2D eigenvalue weighted by molar-refractivity contribution is 0.0936. The van der Waals surface area contributed by atoms with E-state index < -0.39 is 0 Å². The highest BCUT2D eigenvalue weighted by Crippen LogP contribution is 2.19. The number of nitrogens with one attached hydrogen (secondary N) is 1. The van der Waals surface area contributed by atoms with Crippen LogP contribution < -0.4 is 10.1 Å². The van der Waals surface area contributed by atoms with Crippen molar-refractivity contribution in [1.29, 1.82) is 0 Å². The minimum absolute atomic E-state index is 0.0151. The second kappa shape index (κ2) is 6.95. The molecule has 1 amide bonds. The minimum atomic E-state index is -0.161. The Hall–Kier alpha value is -2.27. The normalized spacial score (nSPS) is 12.2. The van der Waals surface area contributed by atoms with Gasteiger partial charge in [-0.15, -0.1) is 0 Å². The van der Waals surface area contributed by atoms with Crippen LogP contribution in [0.25, 0.3) is 0 Å². The van der Waals surface area contributed by atoms with Gasteiger partial charge in [0.05, 0.1) is 25.0 Å². The van der Waals surface area contributed by atoms with Gasteiger partial charge in [-0.05, 0) is 38.4 Å². The van der Waals surface area contributed by atoms with Gasteiger partial charge in [0.1, 0.15) is 11.5 Å². The lowest BCUT2D eigenvalue weighted by Crippen LogP contribution is -2.34. The van der Waals surface area contributed by atoms with Crippen LogP contribution in [0.3, 0.4) is 0 Å². The van der Waals surface area contributed by atoms with Crippen LogP contribution >= 0.6 is 0 Å². The average molecular weight is 288 g/mol. The molecule has 21 heavy (non-hydrogen) atoms. The van der Waals surface area contributed by atoms with Gasteiger partial charge in [-0.1, -0.05) is 12.1 Å². The number of likely N-dealkylation sites (N-methyl/N-ethyl adjacent to an activating group) is 1. The molecule has 112 valence electrons. The van der Waals surface area contributed by atoms with E-state index in [2.05, 4.69) is 5.32 Å². The van der Waals surface area contributed by atoms with Crippen LogP contribution in [0.1, 0.15) is 22.2 Å². The highest BCUT2D eigenvalue weighted by molar-refractivity contribution is 5.96. The van der Waals surface area contributed by atoms with Crippen LogP contribution in [-0.2, 0) is 0 Å². The molecule has 0 unspecified atom stereocenters. The van der Waals surface area contributed by atoms with E-state index in [1.165, 1.54) is 0 Å². The Morgan fingerprint density at radius 2 is 2.05 bits per heavy atom. The zero-order valence-corrected chi connectivity index (χ0v) is 12.5. The summed E-state index contributed by atoms with van der Waals surface area (Å²) in [6, 6.07) is 10.9. The van der Waals surface area contributed by atoms with Crippen molar-refractivity contribution < 1.29 is 13.9 Å². The summed E-state index contributed by atoms with van der Waals surface area (Å²) in [5.41, 5.74) is 0.525. The fraction of sp³-hybridized carbons (Fsp3) is 0.312. The summed E-state index contributed by atoms with van der Waals surface area (Å²) < 4.78 is 10.6. The summed E-state index contributed by atoms with van der Waals surface area (Å²) in [5.74, 6) is 1.22. The Kier molecular flexibility index (Phi) is 5.00. The van der Waals surface area contributed by atoms with Crippen molar-refractivity contribution in [2.75, 3.05) is 27.7 Å². The van der Waals surface area contributed by atoms with Gasteiger partial charge in [-0.3, -0.25) is 9.69 Å². The van der Waals surface area contributed by atoms with Crippen LogP contribution in [0.5, 0.6) is 5.75 Å². The van der Waals surface area contributed by atoms with E-state index >= 15 is 0 Å². The van der Waals surface area contributed by atoms with Crippen molar-refractivity contribution in [2.45, 2.75) is 6.04 Å². The Morgan fingerprint density at radius 1 is 1.29 bits per heavy atom. The molecule has 0 fully saturated rings. The van der Waals surface area contributed by atoms with Crippen LogP contribution in [-0.4, -0.2) is 38.6 Å². The number of hydrogen-bond donors (Lipinski definition) is 1. The number of benzene rings is 1. The predicted molar refractivity (Wildman–Crippen MR) is 80.5 cm³/mol. The standard InChI is InChI=1S/C16H20N2O3/c1-18(2)13(15-9-6-10-21-15)11-17-16(19)12-7-4-5-8-14(12)20-3/h4-10,13H,11H2,1-3H3,(H,17,19)/t13-/m1/s1. The van der Waals surface area contributed by atoms with Crippen molar-refractivity contribution in [2.24, 2.45) is 0 Å². The highest BCUT2D eigenvalue weighted by atomic mass is 16.5. The number of ether oxygens (including phenoxy) is 1. The first kappa shape index (κ1) is 15.1.